The molecule has 0 spiro atoms. The van der Waals surface area contributed by atoms with Crippen LogP contribution in [0.5, 0.6) is 0 Å². The number of nitrogens with one attached hydrogen (secondary N) is 2. The lowest BCUT2D eigenvalue weighted by molar-refractivity contribution is -0.132. The molecule has 0 bridgehead atoms. The molecule has 18 heavy (non-hydrogen) atoms. The number of thiophene rings is 1. The van der Waals surface area contributed by atoms with E-state index in [9.17, 15) is 9.59 Å². The first kappa shape index (κ1) is 13.7. The van der Waals surface area contributed by atoms with Crippen LogP contribution in [0, 0.1) is 5.92 Å². The van der Waals surface area contributed by atoms with Crippen LogP contribution in [0.3, 0.4) is 0 Å². The van der Waals surface area contributed by atoms with E-state index in [2.05, 4.69) is 26.6 Å². The van der Waals surface area contributed by atoms with Crippen molar-refractivity contribution in [1.82, 2.24) is 10.6 Å². The molecule has 4 nitrogen and oxygen atoms in total. The number of halogens is 1. The summed E-state index contributed by atoms with van der Waals surface area (Å²) in [5.74, 6) is -0.365. The summed E-state index contributed by atoms with van der Waals surface area (Å²) in [4.78, 5) is 24.5. The van der Waals surface area contributed by atoms with E-state index in [1.165, 1.54) is 11.3 Å². The number of imide groups is 1. The smallest absolute Gasteiger partial charge is 0.231 e. The van der Waals surface area contributed by atoms with Crippen molar-refractivity contribution in [2.75, 3.05) is 13.1 Å². The SMILES string of the molecule is O=C(Cc1ccc(Br)s1)NC(=O)C1CCNCC1. The van der Waals surface area contributed by atoms with Gasteiger partial charge in [-0.15, -0.1) is 11.3 Å². The first-order chi connectivity index (χ1) is 8.65. The molecule has 2 N–H and O–H groups in total. The van der Waals surface area contributed by atoms with Gasteiger partial charge in [0.15, 0.2) is 0 Å². The van der Waals surface area contributed by atoms with Crippen LogP contribution >= 0.6 is 27.3 Å². The zero-order valence-corrected chi connectivity index (χ0v) is 12.3. The largest absolute Gasteiger partial charge is 0.317 e. The summed E-state index contributed by atoms with van der Waals surface area (Å²) in [7, 11) is 0. The number of amides is 2. The van der Waals surface area contributed by atoms with Crippen LogP contribution in [-0.4, -0.2) is 24.9 Å². The van der Waals surface area contributed by atoms with Gasteiger partial charge >= 0.3 is 0 Å². The summed E-state index contributed by atoms with van der Waals surface area (Å²) in [5, 5.41) is 5.69. The van der Waals surface area contributed by atoms with Crippen LogP contribution < -0.4 is 10.6 Å². The Kier molecular flexibility index (Phi) is 4.91. The van der Waals surface area contributed by atoms with Crippen LogP contribution in [0.4, 0.5) is 0 Å². The topological polar surface area (TPSA) is 58.2 Å². The van der Waals surface area contributed by atoms with Crippen molar-refractivity contribution in [2.24, 2.45) is 5.92 Å². The number of hydrogen-bond donors (Lipinski definition) is 2. The Morgan fingerprint density at radius 3 is 2.72 bits per heavy atom. The van der Waals surface area contributed by atoms with Gasteiger partial charge in [-0.3, -0.25) is 14.9 Å². The molecule has 1 saturated heterocycles. The molecule has 2 heterocycles. The maximum atomic E-state index is 11.8. The Labute approximate surface area is 118 Å². The Morgan fingerprint density at radius 2 is 2.11 bits per heavy atom. The summed E-state index contributed by atoms with van der Waals surface area (Å²) in [6, 6.07) is 3.80. The maximum Gasteiger partial charge on any atom is 0.231 e. The van der Waals surface area contributed by atoms with E-state index in [4.69, 9.17) is 0 Å². The quantitative estimate of drug-likeness (QED) is 0.886. The average Bonchev–Trinajstić information content (AvgIpc) is 2.75. The predicted molar refractivity (Wildman–Crippen MR) is 74.5 cm³/mol. The summed E-state index contributed by atoms with van der Waals surface area (Å²) in [5.41, 5.74) is 0. The highest BCUT2D eigenvalue weighted by atomic mass is 79.9. The molecule has 1 aliphatic rings. The molecular weight excluding hydrogens is 316 g/mol. The van der Waals surface area contributed by atoms with Crippen molar-refractivity contribution in [3.63, 3.8) is 0 Å². The highest BCUT2D eigenvalue weighted by Crippen LogP contribution is 2.22. The van der Waals surface area contributed by atoms with Crippen molar-refractivity contribution < 1.29 is 9.59 Å². The van der Waals surface area contributed by atoms with Crippen molar-refractivity contribution in [2.45, 2.75) is 19.3 Å². The molecule has 1 aromatic rings. The summed E-state index contributed by atoms with van der Waals surface area (Å²) < 4.78 is 0.995. The number of carbonyl (C=O) groups excluding carboxylic acids is 2. The molecule has 1 aliphatic heterocycles. The number of rotatable bonds is 3. The van der Waals surface area contributed by atoms with E-state index in [0.717, 1.165) is 34.6 Å². The molecule has 2 amide bonds. The van der Waals surface area contributed by atoms with Crippen LogP contribution in [0.2, 0.25) is 0 Å². The Hall–Kier alpha value is -0.720. The van der Waals surface area contributed by atoms with E-state index in [1.54, 1.807) is 0 Å². The summed E-state index contributed by atoms with van der Waals surface area (Å²) in [6.07, 6.45) is 1.89. The Bertz CT molecular complexity index is 441. The zero-order valence-electron chi connectivity index (χ0n) is 9.87. The van der Waals surface area contributed by atoms with Gasteiger partial charge in [0.2, 0.25) is 11.8 Å². The fourth-order valence-electron chi connectivity index (χ4n) is 1.97. The standard InChI is InChI=1S/C12H15BrN2O2S/c13-10-2-1-9(18-10)7-11(16)15-12(17)8-3-5-14-6-4-8/h1-2,8,14H,3-7H2,(H,15,16,17). The van der Waals surface area contributed by atoms with Crippen molar-refractivity contribution in [3.8, 4) is 0 Å². The van der Waals surface area contributed by atoms with E-state index >= 15 is 0 Å². The van der Waals surface area contributed by atoms with Gasteiger partial charge in [-0.05, 0) is 54.0 Å². The van der Waals surface area contributed by atoms with E-state index in [-0.39, 0.29) is 24.2 Å². The van der Waals surface area contributed by atoms with Crippen LogP contribution in [-0.2, 0) is 16.0 Å². The second-order valence-corrected chi connectivity index (χ2v) is 6.87. The summed E-state index contributed by atoms with van der Waals surface area (Å²) >= 11 is 4.86. The molecule has 6 heteroatoms. The van der Waals surface area contributed by atoms with Crippen molar-refractivity contribution >= 4 is 39.1 Å². The third-order valence-electron chi connectivity index (χ3n) is 2.94. The lowest BCUT2D eigenvalue weighted by atomic mass is 9.97. The molecule has 0 atom stereocenters. The normalized spacial score (nSPS) is 16.5. The number of hydrogen-bond acceptors (Lipinski definition) is 4. The number of carbonyl (C=O) groups is 2. The third-order valence-corrected chi connectivity index (χ3v) is 4.56. The summed E-state index contributed by atoms with van der Waals surface area (Å²) in [6.45, 7) is 1.70. The van der Waals surface area contributed by atoms with Gasteiger partial charge in [-0.25, -0.2) is 0 Å². The monoisotopic (exact) mass is 330 g/mol. The molecule has 1 aromatic heterocycles. The van der Waals surface area contributed by atoms with Gasteiger partial charge < -0.3 is 5.32 Å². The van der Waals surface area contributed by atoms with Gasteiger partial charge in [0.05, 0.1) is 10.2 Å². The van der Waals surface area contributed by atoms with Crippen LogP contribution in [0.1, 0.15) is 17.7 Å². The molecule has 98 valence electrons. The molecule has 2 rings (SSSR count). The highest BCUT2D eigenvalue weighted by molar-refractivity contribution is 9.11. The van der Waals surface area contributed by atoms with Gasteiger partial charge in [-0.2, -0.15) is 0 Å². The van der Waals surface area contributed by atoms with E-state index < -0.39 is 0 Å². The van der Waals surface area contributed by atoms with Crippen LogP contribution in [0.15, 0.2) is 15.9 Å². The van der Waals surface area contributed by atoms with Crippen molar-refractivity contribution in [3.05, 3.63) is 20.8 Å². The lowest BCUT2D eigenvalue weighted by Crippen LogP contribution is -2.41. The fourth-order valence-corrected chi connectivity index (χ4v) is 3.45. The first-order valence-corrected chi connectivity index (χ1v) is 7.55. The molecule has 0 aliphatic carbocycles. The average molecular weight is 331 g/mol. The Balaban J connectivity index is 1.81. The minimum atomic E-state index is -0.215. The minimum Gasteiger partial charge on any atom is -0.317 e. The minimum absolute atomic E-state index is 0.0229. The maximum absolute atomic E-state index is 11.8. The molecule has 1 fully saturated rings. The zero-order chi connectivity index (χ0) is 13.0. The molecule has 0 aromatic carbocycles. The Morgan fingerprint density at radius 1 is 1.39 bits per heavy atom. The molecular formula is C12H15BrN2O2S. The lowest BCUT2D eigenvalue weighted by Gasteiger charge is -2.21. The van der Waals surface area contributed by atoms with Crippen LogP contribution in [0.25, 0.3) is 0 Å². The second kappa shape index (κ2) is 6.45. The third kappa shape index (κ3) is 3.90. The highest BCUT2D eigenvalue weighted by Gasteiger charge is 2.22. The van der Waals surface area contributed by atoms with Crippen molar-refractivity contribution in [1.29, 1.82) is 0 Å². The van der Waals surface area contributed by atoms with E-state index in [0.29, 0.717) is 0 Å². The fraction of sp³-hybridized carbons (Fsp3) is 0.500. The van der Waals surface area contributed by atoms with E-state index in [1.807, 2.05) is 12.1 Å². The molecule has 0 radical (unpaired) electrons. The first-order valence-electron chi connectivity index (χ1n) is 5.94. The number of piperidine rings is 1. The van der Waals surface area contributed by atoms with Gasteiger partial charge in [0.25, 0.3) is 0 Å². The van der Waals surface area contributed by atoms with Gasteiger partial charge in [0.1, 0.15) is 0 Å². The second-order valence-electron chi connectivity index (χ2n) is 4.32. The van der Waals surface area contributed by atoms with Gasteiger partial charge in [-0.1, -0.05) is 0 Å². The molecule has 0 unspecified atom stereocenters. The predicted octanol–water partition coefficient (Wildman–Crippen LogP) is 1.70. The molecule has 0 saturated carbocycles. The van der Waals surface area contributed by atoms with Gasteiger partial charge in [0, 0.05) is 10.8 Å².